The van der Waals surface area contributed by atoms with Crippen LogP contribution in [0.4, 0.5) is 5.69 Å². The van der Waals surface area contributed by atoms with Gasteiger partial charge in [-0.15, -0.1) is 0 Å². The monoisotopic (exact) mass is 669 g/mol. The molecule has 7 rings (SSSR count). The molecule has 1 N–H and O–H groups in total. The van der Waals surface area contributed by atoms with Crippen molar-refractivity contribution in [3.63, 3.8) is 0 Å². The summed E-state index contributed by atoms with van der Waals surface area (Å²) in [4.78, 5) is 38.2. The van der Waals surface area contributed by atoms with Crippen LogP contribution < -0.4 is 4.90 Å². The van der Waals surface area contributed by atoms with Crippen molar-refractivity contribution < 1.29 is 19.4 Å². The molecule has 256 valence electrons. The molecule has 0 aliphatic carbocycles. The number of aromatic nitrogens is 2. The molecule has 3 heterocycles. The molecule has 50 heavy (non-hydrogen) atoms. The van der Waals surface area contributed by atoms with Crippen LogP contribution in [0.15, 0.2) is 109 Å². The summed E-state index contributed by atoms with van der Waals surface area (Å²) >= 11 is 0. The van der Waals surface area contributed by atoms with E-state index < -0.39 is 5.97 Å². The number of carbonyl (C=O) groups is 2. The molecule has 4 aromatic carbocycles. The van der Waals surface area contributed by atoms with E-state index in [4.69, 9.17) is 9.72 Å². The number of ether oxygens (including phenoxy) is 1. The first kappa shape index (κ1) is 33.3. The van der Waals surface area contributed by atoms with Gasteiger partial charge in [-0.05, 0) is 53.8 Å². The van der Waals surface area contributed by atoms with Gasteiger partial charge in [0, 0.05) is 62.2 Å². The number of carboxylic acid groups (broad SMARTS) is 1. The third kappa shape index (κ3) is 7.20. The Labute approximate surface area is 293 Å². The van der Waals surface area contributed by atoms with Crippen LogP contribution in [0.2, 0.25) is 0 Å². The van der Waals surface area contributed by atoms with Crippen molar-refractivity contribution in [1.82, 2.24) is 19.4 Å². The Balaban J connectivity index is 1.24. The van der Waals surface area contributed by atoms with Crippen LogP contribution in [0, 0.1) is 0 Å². The quantitative estimate of drug-likeness (QED) is 0.189. The van der Waals surface area contributed by atoms with Gasteiger partial charge in [-0.3, -0.25) is 14.3 Å². The fourth-order valence-electron chi connectivity index (χ4n) is 7.26. The lowest BCUT2D eigenvalue weighted by Crippen LogP contribution is -2.55. The Morgan fingerprint density at radius 3 is 2.30 bits per heavy atom. The summed E-state index contributed by atoms with van der Waals surface area (Å²) in [6.45, 7) is 7.81. The van der Waals surface area contributed by atoms with Crippen molar-refractivity contribution >= 4 is 17.6 Å². The highest BCUT2D eigenvalue weighted by atomic mass is 16.5. The van der Waals surface area contributed by atoms with E-state index in [1.165, 1.54) is 5.56 Å². The minimum atomic E-state index is -0.920. The summed E-state index contributed by atoms with van der Waals surface area (Å²) in [5.41, 5.74) is 7.53. The van der Waals surface area contributed by atoms with Gasteiger partial charge in [0.15, 0.2) is 5.69 Å². The SMILES string of the molecule is CCc1cc(C[C@@H]2CN(Cc3ccccc3)CCN2C(=O)c2ncn(-c3cccc(N4CCOCC4)c3)c2-c2ccccc2)ccc1C(=O)O. The number of aryl methyl sites for hydroxylation is 1. The lowest BCUT2D eigenvalue weighted by molar-refractivity contribution is 0.0434. The number of carboxylic acids is 1. The summed E-state index contributed by atoms with van der Waals surface area (Å²) in [5, 5.41) is 9.73. The fourth-order valence-corrected chi connectivity index (χ4v) is 7.26. The normalized spacial score (nSPS) is 16.8. The molecular formula is C41H43N5O4. The first-order valence-corrected chi connectivity index (χ1v) is 17.5. The lowest BCUT2D eigenvalue weighted by atomic mass is 9.96. The van der Waals surface area contributed by atoms with Crippen LogP contribution in [0.5, 0.6) is 0 Å². The number of piperazine rings is 1. The van der Waals surface area contributed by atoms with E-state index in [-0.39, 0.29) is 11.9 Å². The van der Waals surface area contributed by atoms with Crippen molar-refractivity contribution in [2.45, 2.75) is 32.4 Å². The maximum Gasteiger partial charge on any atom is 0.335 e. The molecule has 1 amide bonds. The number of amides is 1. The zero-order chi connectivity index (χ0) is 34.5. The molecule has 0 saturated carbocycles. The highest BCUT2D eigenvalue weighted by molar-refractivity contribution is 5.99. The maximum absolute atomic E-state index is 14.8. The minimum absolute atomic E-state index is 0.103. The number of nitrogens with zero attached hydrogens (tertiary/aromatic N) is 5. The van der Waals surface area contributed by atoms with Gasteiger partial charge in [0.2, 0.25) is 0 Å². The first-order chi connectivity index (χ1) is 24.5. The van der Waals surface area contributed by atoms with Crippen LogP contribution >= 0.6 is 0 Å². The van der Waals surface area contributed by atoms with E-state index in [1.807, 2.05) is 64.9 Å². The Bertz CT molecular complexity index is 1940. The molecule has 1 aromatic heterocycles. The van der Waals surface area contributed by atoms with Gasteiger partial charge in [-0.25, -0.2) is 9.78 Å². The van der Waals surface area contributed by atoms with E-state index in [0.29, 0.717) is 50.4 Å². The molecule has 0 bridgehead atoms. The second-order valence-electron chi connectivity index (χ2n) is 13.0. The third-order valence-electron chi connectivity index (χ3n) is 9.83. The van der Waals surface area contributed by atoms with Crippen LogP contribution in [0.3, 0.4) is 0 Å². The number of hydrogen-bond donors (Lipinski definition) is 1. The fraction of sp³-hybridized carbons (Fsp3) is 0.293. The van der Waals surface area contributed by atoms with Gasteiger partial charge >= 0.3 is 5.97 Å². The molecule has 5 aromatic rings. The van der Waals surface area contributed by atoms with E-state index >= 15 is 0 Å². The molecule has 0 spiro atoms. The summed E-state index contributed by atoms with van der Waals surface area (Å²) < 4.78 is 7.62. The van der Waals surface area contributed by atoms with Gasteiger partial charge in [-0.1, -0.05) is 85.8 Å². The predicted molar refractivity (Wildman–Crippen MR) is 195 cm³/mol. The highest BCUT2D eigenvalue weighted by Crippen LogP contribution is 2.31. The van der Waals surface area contributed by atoms with Crippen molar-refractivity contribution in [2.24, 2.45) is 0 Å². The standard InChI is InChI=1S/C41H43N5O4/c1-2-32-24-31(16-17-37(32)41(48)49)25-36-28-43(27-30-10-5-3-6-11-30)18-19-45(36)40(47)38-39(33-12-7-4-8-13-33)46(29-42-38)35-15-9-14-34(26-35)44-20-22-50-23-21-44/h3-17,24,26,29,36H,2,18-23,25,27-28H2,1H3,(H,48,49)/t36-/m1/s1. The van der Waals surface area contributed by atoms with E-state index in [0.717, 1.165) is 59.9 Å². The van der Waals surface area contributed by atoms with Gasteiger partial charge in [0.05, 0.1) is 24.5 Å². The highest BCUT2D eigenvalue weighted by Gasteiger charge is 2.34. The summed E-state index contributed by atoms with van der Waals surface area (Å²) in [5.74, 6) is -1.02. The lowest BCUT2D eigenvalue weighted by Gasteiger charge is -2.41. The smallest absolute Gasteiger partial charge is 0.335 e. The van der Waals surface area contributed by atoms with Crippen LogP contribution in [0.1, 0.15) is 44.5 Å². The van der Waals surface area contributed by atoms with Crippen molar-refractivity contribution in [2.75, 3.05) is 50.8 Å². The number of benzene rings is 4. The van der Waals surface area contributed by atoms with Gasteiger partial charge < -0.3 is 19.6 Å². The van der Waals surface area contributed by atoms with Gasteiger partial charge in [0.25, 0.3) is 5.91 Å². The van der Waals surface area contributed by atoms with Gasteiger partial charge in [0.1, 0.15) is 6.33 Å². The summed E-state index contributed by atoms with van der Waals surface area (Å²) in [6.07, 6.45) is 2.99. The molecule has 9 nitrogen and oxygen atoms in total. The second-order valence-corrected chi connectivity index (χ2v) is 13.0. The average molecular weight is 670 g/mol. The second kappa shape index (κ2) is 15.1. The molecule has 2 fully saturated rings. The molecule has 2 aliphatic heterocycles. The zero-order valence-electron chi connectivity index (χ0n) is 28.4. The number of hydrogen-bond acceptors (Lipinski definition) is 6. The number of carbonyl (C=O) groups excluding carboxylic acids is 1. The Morgan fingerprint density at radius 2 is 1.56 bits per heavy atom. The van der Waals surface area contributed by atoms with Crippen LogP contribution in [-0.4, -0.2) is 88.3 Å². The molecule has 2 aliphatic rings. The van der Waals surface area contributed by atoms with E-state index in [9.17, 15) is 14.7 Å². The molecular weight excluding hydrogens is 626 g/mol. The first-order valence-electron chi connectivity index (χ1n) is 17.5. The van der Waals surface area contributed by atoms with Crippen LogP contribution in [-0.2, 0) is 24.1 Å². The molecule has 9 heteroatoms. The minimum Gasteiger partial charge on any atom is -0.478 e. The maximum atomic E-state index is 14.8. The third-order valence-corrected chi connectivity index (χ3v) is 9.83. The number of aromatic carboxylic acids is 1. The number of imidazole rings is 1. The van der Waals surface area contributed by atoms with E-state index in [1.54, 1.807) is 12.4 Å². The number of rotatable bonds is 10. The zero-order valence-corrected chi connectivity index (χ0v) is 28.4. The largest absolute Gasteiger partial charge is 0.478 e. The summed E-state index contributed by atoms with van der Waals surface area (Å²) in [7, 11) is 0. The van der Waals surface area contributed by atoms with Gasteiger partial charge in [-0.2, -0.15) is 0 Å². The topological polar surface area (TPSA) is 91.1 Å². The predicted octanol–water partition coefficient (Wildman–Crippen LogP) is 6.21. The van der Waals surface area contributed by atoms with Crippen molar-refractivity contribution in [1.29, 1.82) is 0 Å². The molecule has 2 saturated heterocycles. The molecule has 1 atom stereocenters. The van der Waals surface area contributed by atoms with Crippen molar-refractivity contribution in [3.05, 3.63) is 137 Å². The summed E-state index contributed by atoms with van der Waals surface area (Å²) in [6, 6.07) is 34.3. The number of morpholine rings is 1. The number of anilines is 1. The van der Waals surface area contributed by atoms with E-state index in [2.05, 4.69) is 58.3 Å². The average Bonchev–Trinajstić information content (AvgIpc) is 3.61. The molecule has 0 radical (unpaired) electrons. The van der Waals surface area contributed by atoms with Crippen molar-refractivity contribution in [3.8, 4) is 16.9 Å². The Kier molecular flexibility index (Phi) is 10.0. The Hall–Kier alpha value is -5.25. The molecule has 0 unspecified atom stereocenters. The Morgan fingerprint density at radius 1 is 0.820 bits per heavy atom. The van der Waals surface area contributed by atoms with Crippen LogP contribution in [0.25, 0.3) is 16.9 Å².